The molecular formula is C17H25N3O. The van der Waals surface area contributed by atoms with Gasteiger partial charge in [0.05, 0.1) is 0 Å². The standard InChI is InChI=1S/C17H25N3O/c1-18-11-13-19(14-12-18)16(15-7-3-2-4-8-15)17(21)20-9-5-6-10-20/h2-4,7-8,16H,5-6,9-14H2,1H3. The van der Waals surface area contributed by atoms with Gasteiger partial charge in [0.1, 0.15) is 6.04 Å². The number of carbonyl (C=O) groups is 1. The Balaban J connectivity index is 1.82. The Morgan fingerprint density at radius 1 is 0.952 bits per heavy atom. The Morgan fingerprint density at radius 3 is 2.19 bits per heavy atom. The Morgan fingerprint density at radius 2 is 1.57 bits per heavy atom. The second-order valence-corrected chi connectivity index (χ2v) is 6.18. The van der Waals surface area contributed by atoms with Gasteiger partial charge >= 0.3 is 0 Å². The lowest BCUT2D eigenvalue weighted by molar-refractivity contribution is -0.137. The molecule has 0 N–H and O–H groups in total. The van der Waals surface area contributed by atoms with Crippen LogP contribution in [0.4, 0.5) is 0 Å². The van der Waals surface area contributed by atoms with Gasteiger partial charge < -0.3 is 9.80 Å². The molecule has 1 unspecified atom stereocenters. The minimum absolute atomic E-state index is 0.0991. The maximum Gasteiger partial charge on any atom is 0.244 e. The first-order valence-corrected chi connectivity index (χ1v) is 8.02. The van der Waals surface area contributed by atoms with Gasteiger partial charge in [0.25, 0.3) is 0 Å². The zero-order valence-corrected chi connectivity index (χ0v) is 12.9. The molecule has 0 radical (unpaired) electrons. The predicted molar refractivity (Wildman–Crippen MR) is 84.1 cm³/mol. The Kier molecular flexibility index (Phi) is 4.56. The van der Waals surface area contributed by atoms with Gasteiger partial charge in [-0.1, -0.05) is 30.3 Å². The number of likely N-dealkylation sites (tertiary alicyclic amines) is 1. The minimum Gasteiger partial charge on any atom is -0.341 e. The van der Waals surface area contributed by atoms with Gasteiger partial charge in [-0.15, -0.1) is 0 Å². The van der Waals surface area contributed by atoms with Crippen LogP contribution in [0.3, 0.4) is 0 Å². The van der Waals surface area contributed by atoms with Crippen molar-refractivity contribution < 1.29 is 4.79 Å². The summed E-state index contributed by atoms with van der Waals surface area (Å²) in [5.74, 6) is 0.295. The first kappa shape index (κ1) is 14.5. The molecule has 1 atom stereocenters. The molecule has 2 aliphatic rings. The van der Waals surface area contributed by atoms with Gasteiger partial charge in [0, 0.05) is 39.3 Å². The highest BCUT2D eigenvalue weighted by atomic mass is 16.2. The molecule has 114 valence electrons. The van der Waals surface area contributed by atoms with Crippen LogP contribution in [-0.4, -0.2) is 66.9 Å². The van der Waals surface area contributed by atoms with E-state index in [1.54, 1.807) is 0 Å². The third kappa shape index (κ3) is 3.27. The summed E-state index contributed by atoms with van der Waals surface area (Å²) in [6, 6.07) is 10.2. The Hall–Kier alpha value is -1.39. The maximum atomic E-state index is 13.0. The van der Waals surface area contributed by atoms with Crippen molar-refractivity contribution in [2.75, 3.05) is 46.3 Å². The monoisotopic (exact) mass is 287 g/mol. The Bertz CT molecular complexity index is 462. The number of hydrogen-bond acceptors (Lipinski definition) is 3. The quantitative estimate of drug-likeness (QED) is 0.845. The van der Waals surface area contributed by atoms with Gasteiger partial charge in [-0.05, 0) is 25.5 Å². The molecule has 0 spiro atoms. The van der Waals surface area contributed by atoms with Crippen molar-refractivity contribution in [1.82, 2.24) is 14.7 Å². The number of likely N-dealkylation sites (N-methyl/N-ethyl adjacent to an activating group) is 1. The molecule has 2 heterocycles. The zero-order chi connectivity index (χ0) is 14.7. The van der Waals surface area contributed by atoms with Crippen LogP contribution in [0.25, 0.3) is 0 Å². The van der Waals surface area contributed by atoms with Crippen LogP contribution in [0, 0.1) is 0 Å². The summed E-state index contributed by atoms with van der Waals surface area (Å²) in [6.07, 6.45) is 2.30. The van der Waals surface area contributed by atoms with E-state index < -0.39 is 0 Å². The number of carbonyl (C=O) groups excluding carboxylic acids is 1. The lowest BCUT2D eigenvalue weighted by Gasteiger charge is -2.38. The lowest BCUT2D eigenvalue weighted by Crippen LogP contribution is -2.50. The summed E-state index contributed by atoms with van der Waals surface area (Å²) in [5.41, 5.74) is 1.14. The van der Waals surface area contributed by atoms with E-state index in [1.165, 1.54) is 0 Å². The molecule has 2 fully saturated rings. The highest BCUT2D eigenvalue weighted by molar-refractivity contribution is 5.83. The summed E-state index contributed by atoms with van der Waals surface area (Å²) in [4.78, 5) is 19.7. The van der Waals surface area contributed by atoms with E-state index >= 15 is 0 Å². The van der Waals surface area contributed by atoms with E-state index in [1.807, 2.05) is 18.2 Å². The van der Waals surface area contributed by atoms with Crippen LogP contribution in [0.15, 0.2) is 30.3 Å². The van der Waals surface area contributed by atoms with Crippen LogP contribution in [0.1, 0.15) is 24.4 Å². The Labute approximate surface area is 127 Å². The van der Waals surface area contributed by atoms with Crippen LogP contribution in [0.5, 0.6) is 0 Å². The van der Waals surface area contributed by atoms with Crippen molar-refractivity contribution in [3.63, 3.8) is 0 Å². The van der Waals surface area contributed by atoms with Crippen molar-refractivity contribution in [3.05, 3.63) is 35.9 Å². The van der Waals surface area contributed by atoms with E-state index in [0.29, 0.717) is 5.91 Å². The lowest BCUT2D eigenvalue weighted by atomic mass is 10.0. The molecule has 1 amide bonds. The van der Waals surface area contributed by atoms with Gasteiger partial charge in [0.15, 0.2) is 0 Å². The smallest absolute Gasteiger partial charge is 0.244 e. The summed E-state index contributed by atoms with van der Waals surface area (Å²) in [6.45, 7) is 5.87. The minimum atomic E-state index is -0.0991. The summed E-state index contributed by atoms with van der Waals surface area (Å²) in [7, 11) is 2.15. The van der Waals surface area contributed by atoms with Crippen LogP contribution >= 0.6 is 0 Å². The number of nitrogens with zero attached hydrogens (tertiary/aromatic N) is 3. The number of piperazine rings is 1. The number of rotatable bonds is 3. The molecule has 0 bridgehead atoms. The first-order chi connectivity index (χ1) is 10.3. The molecule has 2 saturated heterocycles. The SMILES string of the molecule is CN1CCN(C(C(=O)N2CCCC2)c2ccccc2)CC1. The van der Waals surface area contributed by atoms with Crippen molar-refractivity contribution in [2.24, 2.45) is 0 Å². The van der Waals surface area contributed by atoms with Crippen molar-refractivity contribution in [3.8, 4) is 0 Å². The molecule has 3 rings (SSSR count). The molecular weight excluding hydrogens is 262 g/mol. The average Bonchev–Trinajstić information content (AvgIpc) is 3.05. The van der Waals surface area contributed by atoms with Crippen LogP contribution < -0.4 is 0 Å². The molecule has 1 aromatic rings. The summed E-state index contributed by atoms with van der Waals surface area (Å²) in [5, 5.41) is 0. The molecule has 0 saturated carbocycles. The largest absolute Gasteiger partial charge is 0.341 e. The molecule has 0 aromatic heterocycles. The third-order valence-corrected chi connectivity index (χ3v) is 4.67. The van der Waals surface area contributed by atoms with Gasteiger partial charge in [-0.2, -0.15) is 0 Å². The van der Waals surface area contributed by atoms with E-state index in [0.717, 1.165) is 57.7 Å². The fourth-order valence-corrected chi connectivity index (χ4v) is 3.34. The van der Waals surface area contributed by atoms with Crippen molar-refractivity contribution >= 4 is 5.91 Å². The molecule has 4 nitrogen and oxygen atoms in total. The fourth-order valence-electron chi connectivity index (χ4n) is 3.34. The van der Waals surface area contributed by atoms with Crippen molar-refractivity contribution in [2.45, 2.75) is 18.9 Å². The van der Waals surface area contributed by atoms with Crippen molar-refractivity contribution in [1.29, 1.82) is 0 Å². The van der Waals surface area contributed by atoms with E-state index in [-0.39, 0.29) is 6.04 Å². The number of amides is 1. The molecule has 4 heteroatoms. The summed E-state index contributed by atoms with van der Waals surface area (Å²) >= 11 is 0. The van der Waals surface area contributed by atoms with Crippen LogP contribution in [0.2, 0.25) is 0 Å². The predicted octanol–water partition coefficient (Wildman–Crippen LogP) is 1.60. The van der Waals surface area contributed by atoms with Gasteiger partial charge in [-0.3, -0.25) is 9.69 Å². The van der Waals surface area contributed by atoms with Gasteiger partial charge in [-0.25, -0.2) is 0 Å². The third-order valence-electron chi connectivity index (χ3n) is 4.67. The zero-order valence-electron chi connectivity index (χ0n) is 12.9. The molecule has 21 heavy (non-hydrogen) atoms. The topological polar surface area (TPSA) is 26.8 Å². The first-order valence-electron chi connectivity index (χ1n) is 8.02. The number of benzene rings is 1. The van der Waals surface area contributed by atoms with E-state index in [2.05, 4.69) is 33.9 Å². The second-order valence-electron chi connectivity index (χ2n) is 6.18. The summed E-state index contributed by atoms with van der Waals surface area (Å²) < 4.78 is 0. The second kappa shape index (κ2) is 6.58. The van der Waals surface area contributed by atoms with Crippen LogP contribution in [-0.2, 0) is 4.79 Å². The molecule has 0 aliphatic carbocycles. The highest BCUT2D eigenvalue weighted by Crippen LogP contribution is 2.26. The maximum absolute atomic E-state index is 13.0. The van der Waals surface area contributed by atoms with E-state index in [9.17, 15) is 4.79 Å². The molecule has 2 aliphatic heterocycles. The fraction of sp³-hybridized carbons (Fsp3) is 0.588. The normalized spacial score (nSPS) is 22.4. The highest BCUT2D eigenvalue weighted by Gasteiger charge is 2.33. The van der Waals surface area contributed by atoms with Gasteiger partial charge in [0.2, 0.25) is 5.91 Å². The number of hydrogen-bond donors (Lipinski definition) is 0. The van der Waals surface area contributed by atoms with E-state index in [4.69, 9.17) is 0 Å². The molecule has 1 aromatic carbocycles. The average molecular weight is 287 g/mol.